The van der Waals surface area contributed by atoms with Gasteiger partial charge in [-0.25, -0.2) is 4.39 Å². The van der Waals surface area contributed by atoms with Gasteiger partial charge in [-0.1, -0.05) is 6.07 Å². The van der Waals surface area contributed by atoms with Crippen LogP contribution in [-0.2, 0) is 0 Å². The van der Waals surface area contributed by atoms with Crippen molar-refractivity contribution in [1.29, 1.82) is 0 Å². The van der Waals surface area contributed by atoms with Crippen LogP contribution in [0.3, 0.4) is 0 Å². The van der Waals surface area contributed by atoms with Crippen LogP contribution in [0, 0.1) is 5.82 Å². The average molecular weight is 209 g/mol. The highest BCUT2D eigenvalue weighted by Gasteiger charge is 2.39. The lowest BCUT2D eigenvalue weighted by Gasteiger charge is -2.14. The number of rotatable bonds is 1. The van der Waals surface area contributed by atoms with Crippen LogP contribution in [0.2, 0.25) is 0 Å². The van der Waals surface area contributed by atoms with Gasteiger partial charge in [0.1, 0.15) is 5.82 Å². The van der Waals surface area contributed by atoms with E-state index in [1.54, 1.807) is 0 Å². The minimum atomic E-state index is -4.80. The molecular formula is C8H7F4NO. The molecule has 1 atom stereocenters. The zero-order valence-electron chi connectivity index (χ0n) is 6.85. The Bertz CT molecular complexity index is 337. The first-order valence-electron chi connectivity index (χ1n) is 3.62. The Morgan fingerprint density at radius 3 is 2.29 bits per heavy atom. The lowest BCUT2D eigenvalue weighted by Crippen LogP contribution is -2.20. The number of hydrogen-bond donors (Lipinski definition) is 2. The molecule has 78 valence electrons. The summed E-state index contributed by atoms with van der Waals surface area (Å²) in [5, 5.41) is 8.74. The Kier molecular flexibility index (Phi) is 2.66. The average Bonchev–Trinajstić information content (AvgIpc) is 2.07. The van der Waals surface area contributed by atoms with Gasteiger partial charge in [0, 0.05) is 0 Å². The number of alkyl halides is 3. The third-order valence-electron chi connectivity index (χ3n) is 1.65. The van der Waals surface area contributed by atoms with Crippen LogP contribution in [0.1, 0.15) is 11.7 Å². The van der Waals surface area contributed by atoms with Gasteiger partial charge in [0.2, 0.25) is 0 Å². The zero-order valence-corrected chi connectivity index (χ0v) is 6.85. The van der Waals surface area contributed by atoms with Crippen molar-refractivity contribution in [3.63, 3.8) is 0 Å². The van der Waals surface area contributed by atoms with Gasteiger partial charge in [0.25, 0.3) is 0 Å². The van der Waals surface area contributed by atoms with Crippen LogP contribution in [0.5, 0.6) is 0 Å². The number of anilines is 1. The SMILES string of the molecule is Nc1ccc(C(O)C(F)(F)F)cc1F. The summed E-state index contributed by atoms with van der Waals surface area (Å²) in [4.78, 5) is 0. The fraction of sp³-hybridized carbons (Fsp3) is 0.250. The smallest absolute Gasteiger partial charge is 0.396 e. The molecule has 0 aliphatic carbocycles. The van der Waals surface area contributed by atoms with Crippen molar-refractivity contribution < 1.29 is 22.7 Å². The molecule has 1 unspecified atom stereocenters. The molecule has 3 N–H and O–H groups in total. The minimum absolute atomic E-state index is 0.261. The summed E-state index contributed by atoms with van der Waals surface area (Å²) in [6, 6.07) is 2.46. The van der Waals surface area contributed by atoms with Gasteiger partial charge in [-0.3, -0.25) is 0 Å². The molecule has 0 heterocycles. The van der Waals surface area contributed by atoms with E-state index in [2.05, 4.69) is 0 Å². The maximum Gasteiger partial charge on any atom is 0.418 e. The molecule has 0 aliphatic heterocycles. The maximum absolute atomic E-state index is 12.7. The van der Waals surface area contributed by atoms with Gasteiger partial charge in [-0.15, -0.1) is 0 Å². The summed E-state index contributed by atoms with van der Waals surface area (Å²) in [5.74, 6) is -0.981. The van der Waals surface area contributed by atoms with Crippen molar-refractivity contribution in [1.82, 2.24) is 0 Å². The standard InChI is InChI=1S/C8H7F4NO/c9-5-3-4(1-2-6(5)13)7(14)8(10,11)12/h1-3,7,14H,13H2. The van der Waals surface area contributed by atoms with Gasteiger partial charge < -0.3 is 10.8 Å². The summed E-state index contributed by atoms with van der Waals surface area (Å²) in [6.45, 7) is 0. The molecule has 1 aromatic carbocycles. The van der Waals surface area contributed by atoms with Crippen molar-refractivity contribution in [3.05, 3.63) is 29.6 Å². The molecule has 0 aromatic heterocycles. The molecular weight excluding hydrogens is 202 g/mol. The third kappa shape index (κ3) is 2.14. The van der Waals surface area contributed by atoms with Gasteiger partial charge >= 0.3 is 6.18 Å². The Hall–Kier alpha value is -1.30. The molecule has 2 nitrogen and oxygen atoms in total. The fourth-order valence-electron chi connectivity index (χ4n) is 0.902. The van der Waals surface area contributed by atoms with Crippen molar-refractivity contribution in [2.24, 2.45) is 0 Å². The Balaban J connectivity index is 3.03. The first-order valence-corrected chi connectivity index (χ1v) is 3.62. The molecule has 0 aliphatic rings. The highest BCUT2D eigenvalue weighted by atomic mass is 19.4. The number of benzene rings is 1. The number of hydrogen-bond acceptors (Lipinski definition) is 2. The van der Waals surface area contributed by atoms with E-state index < -0.39 is 23.7 Å². The highest BCUT2D eigenvalue weighted by Crippen LogP contribution is 2.33. The van der Waals surface area contributed by atoms with E-state index in [-0.39, 0.29) is 5.69 Å². The predicted molar refractivity (Wildman–Crippen MR) is 41.8 cm³/mol. The molecule has 14 heavy (non-hydrogen) atoms. The summed E-state index contributed by atoms with van der Waals surface area (Å²) < 4.78 is 48.6. The highest BCUT2D eigenvalue weighted by molar-refractivity contribution is 5.41. The second-order valence-electron chi connectivity index (χ2n) is 2.73. The second kappa shape index (κ2) is 3.45. The Labute approximate surface area is 77.0 Å². The van der Waals surface area contributed by atoms with Crippen LogP contribution in [0.4, 0.5) is 23.2 Å². The lowest BCUT2D eigenvalue weighted by molar-refractivity contribution is -0.206. The molecule has 0 fully saturated rings. The largest absolute Gasteiger partial charge is 0.418 e. The third-order valence-corrected chi connectivity index (χ3v) is 1.65. The minimum Gasteiger partial charge on any atom is -0.396 e. The van der Waals surface area contributed by atoms with Crippen LogP contribution in [0.15, 0.2) is 18.2 Å². The molecule has 0 bridgehead atoms. The molecule has 1 rings (SSSR count). The van der Waals surface area contributed by atoms with Gasteiger partial charge in [0.05, 0.1) is 5.69 Å². The van der Waals surface area contributed by atoms with E-state index in [4.69, 9.17) is 10.8 Å². The van der Waals surface area contributed by atoms with E-state index in [1.807, 2.05) is 0 Å². The number of halogens is 4. The van der Waals surface area contributed by atoms with Crippen molar-refractivity contribution >= 4 is 5.69 Å². The van der Waals surface area contributed by atoms with Crippen molar-refractivity contribution in [3.8, 4) is 0 Å². The van der Waals surface area contributed by atoms with Crippen LogP contribution >= 0.6 is 0 Å². The molecule has 0 spiro atoms. The molecule has 0 saturated heterocycles. The lowest BCUT2D eigenvalue weighted by atomic mass is 10.1. The van der Waals surface area contributed by atoms with E-state index in [1.165, 1.54) is 0 Å². The van der Waals surface area contributed by atoms with Crippen LogP contribution in [0.25, 0.3) is 0 Å². The van der Waals surface area contributed by atoms with Crippen molar-refractivity contribution in [2.75, 3.05) is 5.73 Å². The first kappa shape index (κ1) is 10.8. The Morgan fingerprint density at radius 1 is 1.29 bits per heavy atom. The summed E-state index contributed by atoms with van der Waals surface area (Å²) in [5.41, 5.74) is 4.23. The van der Waals surface area contributed by atoms with Crippen LogP contribution < -0.4 is 5.73 Å². The Morgan fingerprint density at radius 2 is 1.86 bits per heavy atom. The maximum atomic E-state index is 12.7. The fourth-order valence-corrected chi connectivity index (χ4v) is 0.902. The molecule has 0 amide bonds. The number of aliphatic hydroxyl groups excluding tert-OH is 1. The number of aliphatic hydroxyl groups is 1. The second-order valence-corrected chi connectivity index (χ2v) is 2.73. The van der Waals surface area contributed by atoms with E-state index in [0.717, 1.165) is 12.1 Å². The number of nitrogen functional groups attached to an aromatic ring is 1. The van der Waals surface area contributed by atoms with Gasteiger partial charge in [-0.2, -0.15) is 13.2 Å². The summed E-state index contributed by atoms with van der Waals surface area (Å²) in [6.07, 6.45) is -7.49. The first-order chi connectivity index (χ1) is 6.32. The summed E-state index contributed by atoms with van der Waals surface area (Å²) >= 11 is 0. The van der Waals surface area contributed by atoms with E-state index in [9.17, 15) is 17.6 Å². The molecule has 0 radical (unpaired) electrons. The predicted octanol–water partition coefficient (Wildman–Crippen LogP) is 2.00. The van der Waals surface area contributed by atoms with Gasteiger partial charge in [-0.05, 0) is 17.7 Å². The van der Waals surface area contributed by atoms with Crippen LogP contribution in [-0.4, -0.2) is 11.3 Å². The van der Waals surface area contributed by atoms with E-state index >= 15 is 0 Å². The summed E-state index contributed by atoms with van der Waals surface area (Å²) in [7, 11) is 0. The van der Waals surface area contributed by atoms with Gasteiger partial charge in [0.15, 0.2) is 6.10 Å². The zero-order chi connectivity index (χ0) is 10.9. The molecule has 1 aromatic rings. The topological polar surface area (TPSA) is 46.2 Å². The quantitative estimate of drug-likeness (QED) is 0.549. The van der Waals surface area contributed by atoms with Crippen molar-refractivity contribution in [2.45, 2.75) is 12.3 Å². The monoisotopic (exact) mass is 209 g/mol. The molecule has 0 saturated carbocycles. The normalized spacial score (nSPS) is 14.1. The molecule has 6 heteroatoms. The van der Waals surface area contributed by atoms with E-state index in [0.29, 0.717) is 6.07 Å². The number of nitrogens with two attached hydrogens (primary N) is 1.